The standard InChI is InChI=1S/C21H15N3O4S/c1-13-2-8-18-19(10-13)24-21(23-18)15(12-22)11-16-5-9-20(28-16)14-3-6-17(7-4-14)29(25,26)27/h2-11H,1H3,(H,23,24)(H,25,26,27)/b15-11-. The number of hydrogen-bond donors (Lipinski definition) is 2. The number of nitriles is 1. The molecular weight excluding hydrogens is 390 g/mol. The van der Waals surface area contributed by atoms with E-state index in [0.29, 0.717) is 28.5 Å². The minimum atomic E-state index is -4.25. The third kappa shape index (κ3) is 3.82. The van der Waals surface area contributed by atoms with Gasteiger partial charge in [-0.25, -0.2) is 4.98 Å². The highest BCUT2D eigenvalue weighted by Gasteiger charge is 2.12. The van der Waals surface area contributed by atoms with Gasteiger partial charge < -0.3 is 9.40 Å². The van der Waals surface area contributed by atoms with Crippen LogP contribution in [-0.4, -0.2) is 22.9 Å². The maximum absolute atomic E-state index is 11.1. The Morgan fingerprint density at radius 3 is 2.62 bits per heavy atom. The lowest BCUT2D eigenvalue weighted by Crippen LogP contribution is -1.96. The fourth-order valence-corrected chi connectivity index (χ4v) is 3.40. The number of hydrogen-bond acceptors (Lipinski definition) is 5. The molecule has 0 saturated carbocycles. The number of allylic oxidation sites excluding steroid dienone is 1. The zero-order chi connectivity index (χ0) is 20.6. The number of aromatic amines is 1. The molecule has 0 aliphatic carbocycles. The summed E-state index contributed by atoms with van der Waals surface area (Å²) in [7, 11) is -4.25. The molecule has 0 unspecified atom stereocenters. The average Bonchev–Trinajstić information content (AvgIpc) is 3.32. The lowest BCUT2D eigenvalue weighted by Gasteiger charge is -1.99. The van der Waals surface area contributed by atoms with Crippen LogP contribution in [0.5, 0.6) is 0 Å². The highest BCUT2D eigenvalue weighted by Crippen LogP contribution is 2.26. The molecule has 0 atom stereocenters. The molecule has 7 nitrogen and oxygen atoms in total. The third-order valence-electron chi connectivity index (χ3n) is 4.36. The molecule has 144 valence electrons. The first-order valence-corrected chi connectivity index (χ1v) is 10.0. The van der Waals surface area contributed by atoms with Crippen LogP contribution in [0.3, 0.4) is 0 Å². The Kier molecular flexibility index (Phi) is 4.54. The predicted octanol–water partition coefficient (Wildman–Crippen LogP) is 4.44. The minimum Gasteiger partial charge on any atom is -0.457 e. The number of aryl methyl sites for hydroxylation is 1. The van der Waals surface area contributed by atoms with Crippen LogP contribution >= 0.6 is 0 Å². The molecule has 4 rings (SSSR count). The molecular formula is C21H15N3O4S. The van der Waals surface area contributed by atoms with Crippen molar-refractivity contribution in [1.82, 2.24) is 9.97 Å². The SMILES string of the molecule is Cc1ccc2nc(/C(C#N)=C\c3ccc(-c4ccc(S(=O)(=O)O)cc4)o3)[nH]c2c1. The first kappa shape index (κ1) is 18.7. The maximum atomic E-state index is 11.1. The van der Waals surface area contributed by atoms with Crippen molar-refractivity contribution in [2.75, 3.05) is 0 Å². The van der Waals surface area contributed by atoms with Gasteiger partial charge in [-0.2, -0.15) is 13.7 Å². The molecule has 0 amide bonds. The molecule has 0 spiro atoms. The summed E-state index contributed by atoms with van der Waals surface area (Å²) in [6.07, 6.45) is 1.58. The van der Waals surface area contributed by atoms with E-state index >= 15 is 0 Å². The number of rotatable bonds is 4. The van der Waals surface area contributed by atoms with Gasteiger partial charge in [0.15, 0.2) is 0 Å². The molecule has 2 N–H and O–H groups in total. The fourth-order valence-electron chi connectivity index (χ4n) is 2.92. The first-order chi connectivity index (χ1) is 13.8. The second-order valence-corrected chi connectivity index (χ2v) is 7.90. The normalized spacial score (nSPS) is 12.2. The van der Waals surface area contributed by atoms with Crippen LogP contribution in [0.25, 0.3) is 34.0 Å². The van der Waals surface area contributed by atoms with Crippen molar-refractivity contribution in [3.8, 4) is 17.4 Å². The van der Waals surface area contributed by atoms with Gasteiger partial charge in [-0.1, -0.05) is 6.07 Å². The number of benzene rings is 2. The molecule has 0 bridgehead atoms. The van der Waals surface area contributed by atoms with E-state index in [1.807, 2.05) is 25.1 Å². The Balaban J connectivity index is 1.65. The van der Waals surface area contributed by atoms with E-state index in [1.165, 1.54) is 24.3 Å². The van der Waals surface area contributed by atoms with Crippen LogP contribution in [0, 0.1) is 18.3 Å². The van der Waals surface area contributed by atoms with Crippen LogP contribution < -0.4 is 0 Å². The van der Waals surface area contributed by atoms with Crippen LogP contribution in [0.4, 0.5) is 0 Å². The Morgan fingerprint density at radius 1 is 1.17 bits per heavy atom. The molecule has 2 aromatic carbocycles. The van der Waals surface area contributed by atoms with Crippen LogP contribution in [0.1, 0.15) is 17.1 Å². The van der Waals surface area contributed by atoms with Crippen molar-refractivity contribution >= 4 is 32.8 Å². The number of imidazole rings is 1. The van der Waals surface area contributed by atoms with E-state index in [2.05, 4.69) is 16.0 Å². The number of furan rings is 1. The summed E-state index contributed by atoms with van der Waals surface area (Å²) in [6, 6.07) is 17.0. The van der Waals surface area contributed by atoms with Gasteiger partial charge in [-0.15, -0.1) is 0 Å². The summed E-state index contributed by atoms with van der Waals surface area (Å²) < 4.78 is 37.1. The lowest BCUT2D eigenvalue weighted by atomic mass is 10.2. The summed E-state index contributed by atoms with van der Waals surface area (Å²) in [4.78, 5) is 7.40. The largest absolute Gasteiger partial charge is 0.457 e. The molecule has 0 radical (unpaired) electrons. The van der Waals surface area contributed by atoms with E-state index in [9.17, 15) is 13.7 Å². The molecule has 8 heteroatoms. The van der Waals surface area contributed by atoms with Gasteiger partial charge in [0.1, 0.15) is 23.4 Å². The predicted molar refractivity (Wildman–Crippen MR) is 108 cm³/mol. The van der Waals surface area contributed by atoms with E-state index in [-0.39, 0.29) is 4.90 Å². The molecule has 2 heterocycles. The highest BCUT2D eigenvalue weighted by atomic mass is 32.2. The van der Waals surface area contributed by atoms with Crippen LogP contribution in [-0.2, 0) is 10.1 Å². The second kappa shape index (κ2) is 7.05. The molecule has 0 aliphatic rings. The fraction of sp³-hybridized carbons (Fsp3) is 0.0476. The van der Waals surface area contributed by atoms with Crippen molar-refractivity contribution in [2.24, 2.45) is 0 Å². The van der Waals surface area contributed by atoms with E-state index < -0.39 is 10.1 Å². The first-order valence-electron chi connectivity index (χ1n) is 8.60. The van der Waals surface area contributed by atoms with E-state index in [0.717, 1.165) is 16.6 Å². The Hall–Kier alpha value is -3.67. The van der Waals surface area contributed by atoms with Crippen molar-refractivity contribution < 1.29 is 17.4 Å². The number of fused-ring (bicyclic) bond motifs is 1. The third-order valence-corrected chi connectivity index (χ3v) is 5.23. The average molecular weight is 405 g/mol. The lowest BCUT2D eigenvalue weighted by molar-refractivity contribution is 0.483. The molecule has 0 saturated heterocycles. The summed E-state index contributed by atoms with van der Waals surface area (Å²) in [5, 5.41) is 9.55. The van der Waals surface area contributed by atoms with Gasteiger partial charge in [-0.05, 0) is 61.0 Å². The summed E-state index contributed by atoms with van der Waals surface area (Å²) in [5.74, 6) is 1.39. The molecule has 0 fully saturated rings. The molecule has 0 aliphatic heterocycles. The van der Waals surface area contributed by atoms with Crippen LogP contribution in [0.15, 0.2) is 63.9 Å². The zero-order valence-corrected chi connectivity index (χ0v) is 16.1. The van der Waals surface area contributed by atoms with Crippen molar-refractivity contribution in [2.45, 2.75) is 11.8 Å². The Labute approximate surface area is 166 Å². The maximum Gasteiger partial charge on any atom is 0.294 e. The zero-order valence-electron chi connectivity index (χ0n) is 15.2. The van der Waals surface area contributed by atoms with Crippen molar-refractivity contribution in [1.29, 1.82) is 5.26 Å². The Morgan fingerprint density at radius 2 is 1.93 bits per heavy atom. The highest BCUT2D eigenvalue weighted by molar-refractivity contribution is 7.85. The number of aromatic nitrogens is 2. The molecule has 29 heavy (non-hydrogen) atoms. The van der Waals surface area contributed by atoms with Gasteiger partial charge in [0.2, 0.25) is 0 Å². The van der Waals surface area contributed by atoms with E-state index in [4.69, 9.17) is 8.97 Å². The van der Waals surface area contributed by atoms with Gasteiger partial charge in [-0.3, -0.25) is 4.55 Å². The Bertz CT molecular complexity index is 1390. The minimum absolute atomic E-state index is 0.195. The van der Waals surface area contributed by atoms with Crippen molar-refractivity contribution in [3.63, 3.8) is 0 Å². The topological polar surface area (TPSA) is 120 Å². The number of nitrogens with one attached hydrogen (secondary N) is 1. The summed E-state index contributed by atoms with van der Waals surface area (Å²) in [5.41, 5.74) is 3.66. The molecule has 2 aromatic heterocycles. The summed E-state index contributed by atoms with van der Waals surface area (Å²) in [6.45, 7) is 1.98. The smallest absolute Gasteiger partial charge is 0.294 e. The number of H-pyrrole nitrogens is 1. The van der Waals surface area contributed by atoms with Gasteiger partial charge in [0.25, 0.3) is 10.1 Å². The monoisotopic (exact) mass is 405 g/mol. The second-order valence-electron chi connectivity index (χ2n) is 6.48. The van der Waals surface area contributed by atoms with Gasteiger partial charge in [0.05, 0.1) is 21.5 Å². The summed E-state index contributed by atoms with van der Waals surface area (Å²) >= 11 is 0. The van der Waals surface area contributed by atoms with Gasteiger partial charge >= 0.3 is 0 Å². The molecule has 4 aromatic rings. The van der Waals surface area contributed by atoms with E-state index in [1.54, 1.807) is 18.2 Å². The quantitative estimate of drug-likeness (QED) is 0.382. The van der Waals surface area contributed by atoms with Gasteiger partial charge in [0, 0.05) is 11.6 Å². The van der Waals surface area contributed by atoms with Crippen molar-refractivity contribution in [3.05, 3.63) is 71.7 Å². The number of nitrogens with zero attached hydrogens (tertiary/aromatic N) is 2. The van der Waals surface area contributed by atoms with Crippen LogP contribution in [0.2, 0.25) is 0 Å².